The Hall–Kier alpha value is -2.30. The van der Waals surface area contributed by atoms with Crippen LogP contribution in [-0.2, 0) is 20.2 Å². The highest BCUT2D eigenvalue weighted by Gasteiger charge is 2.31. The SMILES string of the molecule is O=P(COc1ccccc1)(OCc1ccccc1)OC(=NC1CCCCC1)NC1CCCCC1. The van der Waals surface area contributed by atoms with Crippen molar-refractivity contribution in [2.75, 3.05) is 6.35 Å². The van der Waals surface area contributed by atoms with Crippen molar-refractivity contribution in [1.29, 1.82) is 0 Å². The number of para-hydroxylation sites is 1. The van der Waals surface area contributed by atoms with Gasteiger partial charge < -0.3 is 14.6 Å². The Morgan fingerprint density at radius 3 is 2.15 bits per heavy atom. The second-order valence-electron chi connectivity index (χ2n) is 9.25. The molecule has 6 nitrogen and oxygen atoms in total. The van der Waals surface area contributed by atoms with E-state index >= 15 is 0 Å². The number of amidine groups is 1. The lowest BCUT2D eigenvalue weighted by Gasteiger charge is -2.28. The summed E-state index contributed by atoms with van der Waals surface area (Å²) < 4.78 is 31.9. The molecule has 0 amide bonds. The van der Waals surface area contributed by atoms with Gasteiger partial charge in [0, 0.05) is 6.04 Å². The van der Waals surface area contributed by atoms with Crippen LogP contribution in [0.25, 0.3) is 0 Å². The van der Waals surface area contributed by atoms with Gasteiger partial charge in [0.1, 0.15) is 5.75 Å². The van der Waals surface area contributed by atoms with Crippen LogP contribution in [-0.4, -0.2) is 24.5 Å². The Kier molecular flexibility index (Phi) is 9.46. The van der Waals surface area contributed by atoms with Crippen molar-refractivity contribution in [2.45, 2.75) is 82.9 Å². The number of hydrogen-bond acceptors (Lipinski definition) is 5. The van der Waals surface area contributed by atoms with E-state index in [0.29, 0.717) is 11.8 Å². The van der Waals surface area contributed by atoms with Gasteiger partial charge in [-0.15, -0.1) is 0 Å². The lowest BCUT2D eigenvalue weighted by Crippen LogP contribution is -2.38. The molecule has 184 valence electrons. The first kappa shape index (κ1) is 24.8. The summed E-state index contributed by atoms with van der Waals surface area (Å²) in [4.78, 5) is 4.90. The third-order valence-corrected chi connectivity index (χ3v) is 7.86. The number of hydrogen-bond donors (Lipinski definition) is 1. The summed E-state index contributed by atoms with van der Waals surface area (Å²) in [6, 6.07) is 19.9. The molecular weight excluding hydrogens is 447 g/mol. The van der Waals surface area contributed by atoms with Gasteiger partial charge in [-0.1, -0.05) is 87.1 Å². The first-order valence-corrected chi connectivity index (χ1v) is 14.4. The van der Waals surface area contributed by atoms with Crippen LogP contribution >= 0.6 is 7.60 Å². The molecule has 2 aromatic rings. The van der Waals surface area contributed by atoms with Gasteiger partial charge in [0.25, 0.3) is 6.02 Å². The molecule has 2 aliphatic carbocycles. The van der Waals surface area contributed by atoms with E-state index in [1.54, 1.807) is 0 Å². The van der Waals surface area contributed by atoms with E-state index in [1.165, 1.54) is 38.5 Å². The minimum atomic E-state index is -3.66. The van der Waals surface area contributed by atoms with Crippen LogP contribution < -0.4 is 10.1 Å². The molecule has 0 aromatic heterocycles. The van der Waals surface area contributed by atoms with Crippen LogP contribution in [0.4, 0.5) is 0 Å². The zero-order valence-corrected chi connectivity index (χ0v) is 20.8. The second kappa shape index (κ2) is 13.0. The van der Waals surface area contributed by atoms with Gasteiger partial charge in [-0.05, 0) is 43.4 Å². The molecule has 0 saturated heterocycles. The van der Waals surface area contributed by atoms with Crippen LogP contribution in [0.15, 0.2) is 65.7 Å². The molecule has 0 heterocycles. The van der Waals surface area contributed by atoms with Crippen LogP contribution in [0.5, 0.6) is 5.75 Å². The van der Waals surface area contributed by atoms with Gasteiger partial charge in [0.2, 0.25) is 6.35 Å². The minimum absolute atomic E-state index is 0.177. The summed E-state index contributed by atoms with van der Waals surface area (Å²) in [5, 5.41) is 3.48. The van der Waals surface area contributed by atoms with Gasteiger partial charge in [-0.2, -0.15) is 0 Å². The zero-order valence-electron chi connectivity index (χ0n) is 19.9. The van der Waals surface area contributed by atoms with Crippen LogP contribution in [0.2, 0.25) is 0 Å². The summed E-state index contributed by atoms with van der Waals surface area (Å²) in [6.07, 6.45) is 11.3. The summed E-state index contributed by atoms with van der Waals surface area (Å²) >= 11 is 0. The predicted molar refractivity (Wildman–Crippen MR) is 136 cm³/mol. The summed E-state index contributed by atoms with van der Waals surface area (Å²) in [6.45, 7) is 0.177. The molecule has 4 rings (SSSR count). The van der Waals surface area contributed by atoms with Gasteiger partial charge >= 0.3 is 7.60 Å². The fourth-order valence-electron chi connectivity index (χ4n) is 4.52. The normalized spacial score (nSPS) is 19.8. The number of nitrogens with one attached hydrogen (secondary N) is 1. The summed E-state index contributed by atoms with van der Waals surface area (Å²) in [5.41, 5.74) is 0.928. The van der Waals surface area contributed by atoms with Crippen molar-refractivity contribution >= 4 is 13.6 Å². The topological polar surface area (TPSA) is 69.2 Å². The lowest BCUT2D eigenvalue weighted by atomic mass is 9.95. The first-order chi connectivity index (χ1) is 16.7. The Morgan fingerprint density at radius 1 is 0.853 bits per heavy atom. The fraction of sp³-hybridized carbons (Fsp3) is 0.519. The Morgan fingerprint density at radius 2 is 1.47 bits per heavy atom. The molecule has 2 fully saturated rings. The fourth-order valence-corrected chi connectivity index (χ4v) is 5.72. The van der Waals surface area contributed by atoms with E-state index in [1.807, 2.05) is 60.7 Å². The first-order valence-electron chi connectivity index (χ1n) is 12.7. The highest BCUT2D eigenvalue weighted by atomic mass is 31.2. The largest absolute Gasteiger partial charge is 0.480 e. The molecule has 0 spiro atoms. The lowest BCUT2D eigenvalue weighted by molar-refractivity contribution is 0.220. The van der Waals surface area contributed by atoms with Gasteiger partial charge in [-0.25, -0.2) is 9.56 Å². The number of ether oxygens (including phenoxy) is 1. The molecule has 7 heteroatoms. The Labute approximate surface area is 203 Å². The monoisotopic (exact) mass is 484 g/mol. The maximum absolute atomic E-state index is 14.0. The third-order valence-electron chi connectivity index (χ3n) is 6.44. The van der Waals surface area contributed by atoms with E-state index < -0.39 is 7.60 Å². The predicted octanol–water partition coefficient (Wildman–Crippen LogP) is 7.06. The number of aliphatic imine (C=N–C) groups is 1. The Balaban J connectivity index is 1.51. The van der Waals surface area contributed by atoms with E-state index in [4.69, 9.17) is 18.8 Å². The summed E-state index contributed by atoms with van der Waals surface area (Å²) in [5.74, 6) is 0.626. The molecule has 34 heavy (non-hydrogen) atoms. The average Bonchev–Trinajstić information content (AvgIpc) is 2.89. The number of benzene rings is 2. The van der Waals surface area contributed by atoms with Crippen LogP contribution in [0.3, 0.4) is 0 Å². The molecular formula is C27H37N2O4P. The number of nitrogens with zero attached hydrogens (tertiary/aromatic N) is 1. The quantitative estimate of drug-likeness (QED) is 0.234. The van der Waals surface area contributed by atoms with Crippen molar-refractivity contribution in [3.05, 3.63) is 66.2 Å². The van der Waals surface area contributed by atoms with Gasteiger partial charge in [-0.3, -0.25) is 4.52 Å². The molecule has 0 bridgehead atoms. The molecule has 1 unspecified atom stereocenters. The van der Waals surface area contributed by atoms with Crippen LogP contribution in [0, 0.1) is 0 Å². The van der Waals surface area contributed by atoms with Crippen molar-refractivity contribution in [2.24, 2.45) is 4.99 Å². The second-order valence-corrected chi connectivity index (χ2v) is 11.2. The van der Waals surface area contributed by atoms with E-state index in [2.05, 4.69) is 5.32 Å². The molecule has 1 N–H and O–H groups in total. The average molecular weight is 485 g/mol. The van der Waals surface area contributed by atoms with E-state index in [-0.39, 0.29) is 25.0 Å². The third kappa shape index (κ3) is 8.18. The molecule has 2 saturated carbocycles. The van der Waals surface area contributed by atoms with Gasteiger partial charge in [0.15, 0.2) is 0 Å². The van der Waals surface area contributed by atoms with E-state index in [0.717, 1.165) is 31.2 Å². The smallest absolute Gasteiger partial charge is 0.418 e. The maximum Gasteiger partial charge on any atom is 0.418 e. The summed E-state index contributed by atoms with van der Waals surface area (Å²) in [7, 11) is -3.66. The number of rotatable bonds is 9. The van der Waals surface area contributed by atoms with E-state index in [9.17, 15) is 4.57 Å². The standard InChI is InChI=1S/C27H37N2O4P/c30-34(22-31-26-19-11-4-12-20-26,32-21-23-13-5-1-6-14-23)33-27(28-24-15-7-2-8-16-24)29-25-17-9-3-10-18-25/h1,4-6,11-14,19-20,24-25H,2-3,7-10,15-18,21-22H2,(H,28,29). The Bertz CT molecular complexity index is 879. The van der Waals surface area contributed by atoms with Crippen molar-refractivity contribution < 1.29 is 18.3 Å². The molecule has 2 aromatic carbocycles. The molecule has 1 atom stereocenters. The van der Waals surface area contributed by atoms with Crippen LogP contribution in [0.1, 0.15) is 69.8 Å². The highest BCUT2D eigenvalue weighted by molar-refractivity contribution is 7.54. The molecule has 0 aliphatic heterocycles. The molecule has 0 radical (unpaired) electrons. The van der Waals surface area contributed by atoms with Crippen molar-refractivity contribution in [3.8, 4) is 5.75 Å². The zero-order chi connectivity index (χ0) is 23.5. The maximum atomic E-state index is 14.0. The molecule has 2 aliphatic rings. The van der Waals surface area contributed by atoms with Crippen molar-refractivity contribution in [3.63, 3.8) is 0 Å². The van der Waals surface area contributed by atoms with Crippen molar-refractivity contribution in [1.82, 2.24) is 5.32 Å². The highest BCUT2D eigenvalue weighted by Crippen LogP contribution is 2.49. The minimum Gasteiger partial charge on any atom is -0.480 e. The van der Waals surface area contributed by atoms with Gasteiger partial charge in [0.05, 0.1) is 12.6 Å².